The van der Waals surface area contributed by atoms with E-state index < -0.39 is 17.0 Å². The second kappa shape index (κ2) is 8.07. The summed E-state index contributed by atoms with van der Waals surface area (Å²) in [5, 5.41) is 2.44. The predicted molar refractivity (Wildman–Crippen MR) is 106 cm³/mol. The number of hydrogen-bond donors (Lipinski definition) is 1. The summed E-state index contributed by atoms with van der Waals surface area (Å²) in [5.41, 5.74) is 0.271. The Bertz CT molecular complexity index is 841. The zero-order chi connectivity index (χ0) is 19.7. The van der Waals surface area contributed by atoms with Gasteiger partial charge in [0, 0.05) is 25.1 Å². The van der Waals surface area contributed by atoms with Crippen molar-refractivity contribution >= 4 is 34.9 Å². The Hall–Kier alpha value is -2.15. The highest BCUT2D eigenvalue weighted by Crippen LogP contribution is 2.49. The lowest BCUT2D eigenvalue weighted by Gasteiger charge is -2.21. The van der Waals surface area contributed by atoms with Crippen LogP contribution in [-0.2, 0) is 9.59 Å². The first-order chi connectivity index (χ1) is 13.5. The summed E-state index contributed by atoms with van der Waals surface area (Å²) in [6.07, 6.45) is 6.91. The Labute approximate surface area is 167 Å². The van der Waals surface area contributed by atoms with Gasteiger partial charge in [0.1, 0.15) is 5.82 Å². The Balaban J connectivity index is 1.28. The number of hydrogen-bond acceptors (Lipinski definition) is 4. The molecule has 1 heterocycles. The van der Waals surface area contributed by atoms with Crippen LogP contribution in [0.15, 0.2) is 29.2 Å². The average molecular weight is 402 g/mol. The number of carbonyl (C=O) groups excluding carboxylic acids is 3. The summed E-state index contributed by atoms with van der Waals surface area (Å²) >= 11 is 0.798. The Morgan fingerprint density at radius 1 is 1.25 bits per heavy atom. The molecule has 7 heteroatoms. The van der Waals surface area contributed by atoms with Gasteiger partial charge in [-0.25, -0.2) is 4.39 Å². The first-order valence-electron chi connectivity index (χ1n) is 9.78. The van der Waals surface area contributed by atoms with Crippen molar-refractivity contribution in [3.05, 3.63) is 40.6 Å². The monoisotopic (exact) mass is 402 g/mol. The van der Waals surface area contributed by atoms with Crippen LogP contribution in [0.1, 0.15) is 37.7 Å². The molecular weight excluding hydrogens is 379 g/mol. The molecule has 3 atom stereocenters. The van der Waals surface area contributed by atoms with Crippen molar-refractivity contribution < 1.29 is 18.8 Å². The molecule has 0 spiro atoms. The van der Waals surface area contributed by atoms with Crippen LogP contribution in [0.4, 0.5) is 9.18 Å². The Morgan fingerprint density at radius 2 is 2.07 bits per heavy atom. The third-order valence-corrected chi connectivity index (χ3v) is 6.96. The molecule has 1 saturated heterocycles. The molecule has 148 valence electrons. The van der Waals surface area contributed by atoms with E-state index >= 15 is 0 Å². The number of halogens is 1. The van der Waals surface area contributed by atoms with Gasteiger partial charge in [0.15, 0.2) is 0 Å². The van der Waals surface area contributed by atoms with Crippen molar-refractivity contribution in [2.75, 3.05) is 13.1 Å². The number of thioether (sulfide) groups is 1. The minimum Gasteiger partial charge on any atom is -0.354 e. The summed E-state index contributed by atoms with van der Waals surface area (Å²) < 4.78 is 13.8. The molecule has 0 radical (unpaired) electrons. The molecule has 1 aliphatic heterocycles. The van der Waals surface area contributed by atoms with E-state index in [4.69, 9.17) is 0 Å². The van der Waals surface area contributed by atoms with Crippen LogP contribution in [0.25, 0.3) is 6.08 Å². The fourth-order valence-corrected chi connectivity index (χ4v) is 5.53. The van der Waals surface area contributed by atoms with E-state index in [1.165, 1.54) is 31.4 Å². The van der Waals surface area contributed by atoms with Gasteiger partial charge < -0.3 is 5.32 Å². The van der Waals surface area contributed by atoms with E-state index in [2.05, 4.69) is 5.32 Å². The van der Waals surface area contributed by atoms with E-state index in [1.54, 1.807) is 18.2 Å². The number of fused-ring (bicyclic) bond motifs is 2. The van der Waals surface area contributed by atoms with E-state index in [1.807, 2.05) is 0 Å². The van der Waals surface area contributed by atoms with Crippen molar-refractivity contribution in [2.45, 2.75) is 32.1 Å². The van der Waals surface area contributed by atoms with E-state index in [0.29, 0.717) is 18.3 Å². The molecule has 3 amide bonds. The number of amides is 3. The number of carbonyl (C=O) groups is 3. The lowest BCUT2D eigenvalue weighted by molar-refractivity contribution is -0.124. The zero-order valence-electron chi connectivity index (χ0n) is 15.5. The number of nitrogens with zero attached hydrogens (tertiary/aromatic N) is 1. The molecule has 1 aromatic rings. The molecular formula is C21H23FN2O3S. The molecule has 2 bridgehead atoms. The molecule has 1 aromatic carbocycles. The maximum Gasteiger partial charge on any atom is 0.293 e. The number of imide groups is 1. The molecule has 5 nitrogen and oxygen atoms in total. The summed E-state index contributed by atoms with van der Waals surface area (Å²) in [7, 11) is 0. The van der Waals surface area contributed by atoms with E-state index in [9.17, 15) is 18.8 Å². The molecule has 2 saturated carbocycles. The molecule has 2 aliphatic carbocycles. The van der Waals surface area contributed by atoms with Gasteiger partial charge in [-0.3, -0.25) is 19.3 Å². The number of benzene rings is 1. The number of rotatable bonds is 6. The Kier molecular flexibility index (Phi) is 5.53. The van der Waals surface area contributed by atoms with Gasteiger partial charge in [0.05, 0.1) is 4.91 Å². The third-order valence-electron chi connectivity index (χ3n) is 6.06. The minimum atomic E-state index is -0.444. The molecule has 0 unspecified atom stereocenters. The van der Waals surface area contributed by atoms with Crippen molar-refractivity contribution in [3.63, 3.8) is 0 Å². The summed E-state index contributed by atoms with van der Waals surface area (Å²) in [4.78, 5) is 38.1. The van der Waals surface area contributed by atoms with Crippen molar-refractivity contribution in [1.82, 2.24) is 10.2 Å². The van der Waals surface area contributed by atoms with Gasteiger partial charge in [0.25, 0.3) is 11.1 Å². The highest BCUT2D eigenvalue weighted by atomic mass is 32.2. The molecule has 3 aliphatic rings. The molecule has 0 aromatic heterocycles. The lowest BCUT2D eigenvalue weighted by Crippen LogP contribution is -2.38. The van der Waals surface area contributed by atoms with Gasteiger partial charge in [-0.1, -0.05) is 24.6 Å². The van der Waals surface area contributed by atoms with Crippen molar-refractivity contribution in [2.24, 2.45) is 17.8 Å². The van der Waals surface area contributed by atoms with Crippen LogP contribution in [0.3, 0.4) is 0 Å². The first-order valence-corrected chi connectivity index (χ1v) is 10.6. The van der Waals surface area contributed by atoms with Crippen molar-refractivity contribution in [1.29, 1.82) is 0 Å². The van der Waals surface area contributed by atoms with Crippen LogP contribution >= 0.6 is 11.8 Å². The zero-order valence-corrected chi connectivity index (χ0v) is 16.3. The molecule has 28 heavy (non-hydrogen) atoms. The van der Waals surface area contributed by atoms with Crippen molar-refractivity contribution in [3.8, 4) is 0 Å². The van der Waals surface area contributed by atoms with Gasteiger partial charge >= 0.3 is 0 Å². The highest BCUT2D eigenvalue weighted by Gasteiger charge is 2.40. The maximum atomic E-state index is 13.8. The van der Waals surface area contributed by atoms with Crippen LogP contribution in [0.2, 0.25) is 0 Å². The fraction of sp³-hybridized carbons (Fsp3) is 0.476. The van der Waals surface area contributed by atoms with Gasteiger partial charge in [-0.2, -0.15) is 0 Å². The topological polar surface area (TPSA) is 66.5 Å². The number of nitrogens with one attached hydrogen (secondary N) is 1. The SMILES string of the molecule is O=C(C[C@@H]1C[C@H]2CC[C@H]1C2)NCCN1C(=O)S/C(=C\c2ccccc2F)C1=O. The lowest BCUT2D eigenvalue weighted by atomic mass is 9.86. The molecule has 3 fully saturated rings. The highest BCUT2D eigenvalue weighted by molar-refractivity contribution is 8.18. The van der Waals surface area contributed by atoms with Crippen LogP contribution in [-0.4, -0.2) is 35.0 Å². The largest absolute Gasteiger partial charge is 0.354 e. The standard InChI is InChI=1S/C21H23FN2O3S/c22-17-4-2-1-3-15(17)11-18-20(26)24(21(27)28-18)8-7-23-19(25)12-16-10-13-5-6-14(16)9-13/h1-4,11,13-14,16H,5-10,12H2,(H,23,25)/b18-11-/t13-,14-,16-/m0/s1. The second-order valence-electron chi connectivity index (χ2n) is 7.84. The van der Waals surface area contributed by atoms with Gasteiger partial charge in [-0.15, -0.1) is 0 Å². The average Bonchev–Trinajstić information content (AvgIpc) is 3.34. The van der Waals surface area contributed by atoms with Crippen LogP contribution in [0, 0.1) is 23.6 Å². The normalized spacial score (nSPS) is 27.8. The van der Waals surface area contributed by atoms with Crippen LogP contribution < -0.4 is 5.32 Å². The first kappa shape index (κ1) is 19.2. The van der Waals surface area contributed by atoms with Gasteiger partial charge in [0.2, 0.25) is 5.91 Å². The quantitative estimate of drug-likeness (QED) is 0.735. The van der Waals surface area contributed by atoms with Gasteiger partial charge in [-0.05, 0) is 60.9 Å². The Morgan fingerprint density at radius 3 is 2.79 bits per heavy atom. The summed E-state index contributed by atoms with van der Waals surface area (Å²) in [6.45, 7) is 0.367. The summed E-state index contributed by atoms with van der Waals surface area (Å²) in [5.74, 6) is 1.09. The smallest absolute Gasteiger partial charge is 0.293 e. The maximum absolute atomic E-state index is 13.8. The minimum absolute atomic E-state index is 0.00794. The molecule has 1 N–H and O–H groups in total. The van der Waals surface area contributed by atoms with Crippen LogP contribution in [0.5, 0.6) is 0 Å². The molecule has 4 rings (SSSR count). The van der Waals surface area contributed by atoms with E-state index in [-0.39, 0.29) is 29.5 Å². The summed E-state index contributed by atoms with van der Waals surface area (Å²) in [6, 6.07) is 6.10. The fourth-order valence-electron chi connectivity index (χ4n) is 4.67. The van der Waals surface area contributed by atoms with E-state index in [0.717, 1.165) is 29.0 Å². The third kappa shape index (κ3) is 3.99. The second-order valence-corrected chi connectivity index (χ2v) is 8.84. The predicted octanol–water partition coefficient (Wildman–Crippen LogP) is 3.80.